The molecule has 0 spiro atoms. The first-order valence-electron chi connectivity index (χ1n) is 9.21. The summed E-state index contributed by atoms with van der Waals surface area (Å²) in [6, 6.07) is 15.8. The highest BCUT2D eigenvalue weighted by atomic mass is 19.1. The highest BCUT2D eigenvalue weighted by Gasteiger charge is 2.28. The van der Waals surface area contributed by atoms with Gasteiger partial charge in [0.05, 0.1) is 0 Å². The van der Waals surface area contributed by atoms with Gasteiger partial charge in [0.1, 0.15) is 5.82 Å². The highest BCUT2D eigenvalue weighted by Crippen LogP contribution is 2.17. The molecule has 3 rings (SSSR count). The van der Waals surface area contributed by atoms with E-state index in [2.05, 4.69) is 22.3 Å². The normalized spacial score (nSPS) is 16.9. The van der Waals surface area contributed by atoms with E-state index in [4.69, 9.17) is 0 Å². The summed E-state index contributed by atoms with van der Waals surface area (Å²) in [6.45, 7) is 4.45. The van der Waals surface area contributed by atoms with Crippen LogP contribution in [0.5, 0.6) is 0 Å². The highest BCUT2D eigenvalue weighted by molar-refractivity contribution is 6.40. The second-order valence-electron chi connectivity index (χ2n) is 6.71. The van der Waals surface area contributed by atoms with E-state index in [9.17, 15) is 14.0 Å². The fraction of sp³-hybridized carbons (Fsp3) is 0.333. The first-order valence-corrected chi connectivity index (χ1v) is 9.21. The van der Waals surface area contributed by atoms with Gasteiger partial charge in [0.2, 0.25) is 0 Å². The van der Waals surface area contributed by atoms with Gasteiger partial charge in [-0.05, 0) is 37.1 Å². The Bertz CT molecular complexity index is 797. The topological polar surface area (TPSA) is 52.7 Å². The fourth-order valence-electron chi connectivity index (χ4n) is 3.39. The van der Waals surface area contributed by atoms with Gasteiger partial charge < -0.3 is 10.2 Å². The van der Waals surface area contributed by atoms with Crippen molar-refractivity contribution in [3.63, 3.8) is 0 Å². The molecule has 1 aliphatic rings. The lowest BCUT2D eigenvalue weighted by Gasteiger charge is -2.22. The van der Waals surface area contributed by atoms with E-state index in [-0.39, 0.29) is 6.04 Å². The van der Waals surface area contributed by atoms with Gasteiger partial charge in [-0.2, -0.15) is 0 Å². The Balaban J connectivity index is 1.56. The molecule has 6 heteroatoms. The molecule has 0 radical (unpaired) electrons. The van der Waals surface area contributed by atoms with E-state index < -0.39 is 17.6 Å². The standard InChI is InChI=1S/C21H24FN3O2/c1-2-25(19-10-6-9-17(22)13-19)21(27)20(26)23-18-11-12-24(15-18)14-16-7-4-3-5-8-16/h3-10,13,18H,2,11-12,14-15H2,1H3,(H,23,26)/t18-/m1/s1. The Morgan fingerprint density at radius 1 is 1.19 bits per heavy atom. The zero-order chi connectivity index (χ0) is 19.2. The summed E-state index contributed by atoms with van der Waals surface area (Å²) in [5.41, 5.74) is 1.61. The van der Waals surface area contributed by atoms with E-state index in [1.807, 2.05) is 18.2 Å². The van der Waals surface area contributed by atoms with Gasteiger partial charge in [0.25, 0.3) is 0 Å². The molecule has 1 saturated heterocycles. The smallest absolute Gasteiger partial charge is 0.316 e. The Hall–Kier alpha value is -2.73. The van der Waals surface area contributed by atoms with Crippen molar-refractivity contribution in [2.75, 3.05) is 24.5 Å². The van der Waals surface area contributed by atoms with Crippen molar-refractivity contribution in [2.24, 2.45) is 0 Å². The number of rotatable bonds is 5. The van der Waals surface area contributed by atoms with Gasteiger partial charge in [0.15, 0.2) is 0 Å². The zero-order valence-corrected chi connectivity index (χ0v) is 15.4. The number of hydrogen-bond acceptors (Lipinski definition) is 3. The van der Waals surface area contributed by atoms with E-state index in [1.54, 1.807) is 13.0 Å². The molecule has 0 unspecified atom stereocenters. The fourth-order valence-corrected chi connectivity index (χ4v) is 3.39. The van der Waals surface area contributed by atoms with Gasteiger partial charge in [-0.3, -0.25) is 14.5 Å². The number of amides is 2. The number of nitrogens with zero attached hydrogens (tertiary/aromatic N) is 2. The number of benzene rings is 2. The molecular weight excluding hydrogens is 345 g/mol. The van der Waals surface area contributed by atoms with Crippen LogP contribution < -0.4 is 10.2 Å². The number of hydrogen-bond donors (Lipinski definition) is 1. The lowest BCUT2D eigenvalue weighted by Crippen LogP contribution is -2.47. The summed E-state index contributed by atoms with van der Waals surface area (Å²) in [6.07, 6.45) is 0.804. The van der Waals surface area contributed by atoms with Crippen molar-refractivity contribution in [3.8, 4) is 0 Å². The van der Waals surface area contributed by atoms with Gasteiger partial charge in [0, 0.05) is 37.9 Å². The third-order valence-corrected chi connectivity index (χ3v) is 4.73. The summed E-state index contributed by atoms with van der Waals surface area (Å²) < 4.78 is 13.4. The SMILES string of the molecule is CCN(C(=O)C(=O)N[C@@H]1CCN(Cc2ccccc2)C1)c1cccc(F)c1. The molecule has 1 fully saturated rings. The number of carbonyl (C=O) groups excluding carboxylic acids is 2. The second kappa shape index (κ2) is 8.77. The van der Waals surface area contributed by atoms with Crippen molar-refractivity contribution >= 4 is 17.5 Å². The first kappa shape index (κ1) is 19.0. The summed E-state index contributed by atoms with van der Waals surface area (Å²) in [5.74, 6) is -1.75. The van der Waals surface area contributed by atoms with Crippen LogP contribution in [0.3, 0.4) is 0 Å². The number of nitrogens with one attached hydrogen (secondary N) is 1. The largest absolute Gasteiger partial charge is 0.344 e. The Labute approximate surface area is 158 Å². The molecular formula is C21H24FN3O2. The molecule has 2 amide bonds. The summed E-state index contributed by atoms with van der Waals surface area (Å²) in [4.78, 5) is 28.5. The van der Waals surface area contributed by atoms with Crippen molar-refractivity contribution in [1.29, 1.82) is 0 Å². The third kappa shape index (κ3) is 4.92. The van der Waals surface area contributed by atoms with Crippen LogP contribution in [0.4, 0.5) is 10.1 Å². The van der Waals surface area contributed by atoms with Crippen LogP contribution in [0.15, 0.2) is 54.6 Å². The third-order valence-electron chi connectivity index (χ3n) is 4.73. The molecule has 0 saturated carbocycles. The van der Waals surface area contributed by atoms with Gasteiger partial charge >= 0.3 is 11.8 Å². The quantitative estimate of drug-likeness (QED) is 0.825. The molecule has 2 aromatic carbocycles. The first-order chi connectivity index (χ1) is 13.1. The minimum Gasteiger partial charge on any atom is -0.344 e. The Morgan fingerprint density at radius 2 is 1.96 bits per heavy atom. The molecule has 142 valence electrons. The molecule has 1 atom stereocenters. The lowest BCUT2D eigenvalue weighted by atomic mass is 10.2. The second-order valence-corrected chi connectivity index (χ2v) is 6.71. The Kier molecular flexibility index (Phi) is 6.19. The maximum Gasteiger partial charge on any atom is 0.316 e. The Morgan fingerprint density at radius 3 is 2.67 bits per heavy atom. The predicted octanol–water partition coefficient (Wildman–Crippen LogP) is 2.57. The maximum atomic E-state index is 13.4. The van der Waals surface area contributed by atoms with Gasteiger partial charge in [-0.15, -0.1) is 0 Å². The van der Waals surface area contributed by atoms with E-state index in [1.165, 1.54) is 28.7 Å². The van der Waals surface area contributed by atoms with Crippen LogP contribution in [0, 0.1) is 5.82 Å². The van der Waals surface area contributed by atoms with Crippen LogP contribution in [-0.4, -0.2) is 42.4 Å². The van der Waals surface area contributed by atoms with Crippen molar-refractivity contribution in [1.82, 2.24) is 10.2 Å². The molecule has 2 aromatic rings. The van der Waals surface area contributed by atoms with Crippen LogP contribution in [0.1, 0.15) is 18.9 Å². The predicted molar refractivity (Wildman–Crippen MR) is 103 cm³/mol. The van der Waals surface area contributed by atoms with Crippen LogP contribution >= 0.6 is 0 Å². The van der Waals surface area contributed by atoms with E-state index >= 15 is 0 Å². The van der Waals surface area contributed by atoms with E-state index in [0.29, 0.717) is 18.8 Å². The summed E-state index contributed by atoms with van der Waals surface area (Å²) >= 11 is 0. The number of carbonyl (C=O) groups is 2. The monoisotopic (exact) mass is 369 g/mol. The number of likely N-dealkylation sites (N-methyl/N-ethyl adjacent to an activating group) is 1. The molecule has 1 aliphatic heterocycles. The molecule has 0 aromatic heterocycles. The molecule has 1 N–H and O–H groups in total. The average molecular weight is 369 g/mol. The van der Waals surface area contributed by atoms with Gasteiger partial charge in [-0.25, -0.2) is 4.39 Å². The number of halogens is 1. The lowest BCUT2D eigenvalue weighted by molar-refractivity contribution is -0.138. The zero-order valence-electron chi connectivity index (χ0n) is 15.4. The summed E-state index contributed by atoms with van der Waals surface area (Å²) in [7, 11) is 0. The van der Waals surface area contributed by atoms with Crippen LogP contribution in [-0.2, 0) is 16.1 Å². The van der Waals surface area contributed by atoms with Gasteiger partial charge in [-0.1, -0.05) is 36.4 Å². The number of likely N-dealkylation sites (tertiary alicyclic amines) is 1. The minimum absolute atomic E-state index is 0.0589. The molecule has 1 heterocycles. The molecule has 0 bridgehead atoms. The summed E-state index contributed by atoms with van der Waals surface area (Å²) in [5, 5.41) is 2.83. The van der Waals surface area contributed by atoms with Crippen molar-refractivity contribution < 1.29 is 14.0 Å². The molecule has 0 aliphatic carbocycles. The van der Waals surface area contributed by atoms with E-state index in [0.717, 1.165) is 19.5 Å². The van der Waals surface area contributed by atoms with Crippen molar-refractivity contribution in [3.05, 3.63) is 66.0 Å². The van der Waals surface area contributed by atoms with Crippen LogP contribution in [0.25, 0.3) is 0 Å². The average Bonchev–Trinajstić information content (AvgIpc) is 3.10. The van der Waals surface area contributed by atoms with Crippen LogP contribution in [0.2, 0.25) is 0 Å². The minimum atomic E-state index is -0.662. The number of anilines is 1. The maximum absolute atomic E-state index is 13.4. The molecule has 5 nitrogen and oxygen atoms in total. The molecule has 27 heavy (non-hydrogen) atoms. The van der Waals surface area contributed by atoms with Crippen molar-refractivity contribution in [2.45, 2.75) is 25.9 Å².